The molecule has 5 heteroatoms. The topological polar surface area (TPSA) is 49.5 Å². The Hall–Kier alpha value is -1.52. The number of hydrogen-bond acceptors (Lipinski definition) is 3. The molecule has 0 spiro atoms. The standard InChI is InChI=1S/C11H14F2N2O/c12-11(13)3-5-15(6-4-11)8-1-2-9(14)10(16)7-8/h1-2,7,16H,3-6,14H2. The fraction of sp³-hybridized carbons (Fsp3) is 0.455. The van der Waals surface area contributed by atoms with Crippen molar-refractivity contribution in [2.24, 2.45) is 0 Å². The molecule has 1 aliphatic heterocycles. The fourth-order valence-electron chi connectivity index (χ4n) is 1.82. The molecule has 1 saturated heterocycles. The molecular formula is C11H14F2N2O. The first-order valence-electron chi connectivity index (χ1n) is 5.19. The van der Waals surface area contributed by atoms with Crippen molar-refractivity contribution >= 4 is 11.4 Å². The normalized spacial score (nSPS) is 19.8. The molecule has 2 rings (SSSR count). The van der Waals surface area contributed by atoms with E-state index in [1.54, 1.807) is 12.1 Å². The predicted molar refractivity (Wildman–Crippen MR) is 58.9 cm³/mol. The van der Waals surface area contributed by atoms with Crippen LogP contribution in [0.2, 0.25) is 0 Å². The number of phenolic OH excluding ortho intramolecular Hbond substituents is 1. The highest BCUT2D eigenvalue weighted by Gasteiger charge is 2.34. The van der Waals surface area contributed by atoms with Gasteiger partial charge in [0, 0.05) is 37.7 Å². The minimum Gasteiger partial charge on any atom is -0.506 e. The predicted octanol–water partition coefficient (Wildman–Crippen LogP) is 2.21. The molecule has 0 aromatic heterocycles. The molecule has 3 nitrogen and oxygen atoms in total. The Bertz CT molecular complexity index is 386. The first-order chi connectivity index (χ1) is 7.48. The summed E-state index contributed by atoms with van der Waals surface area (Å²) in [5.41, 5.74) is 6.51. The van der Waals surface area contributed by atoms with Crippen molar-refractivity contribution in [3.8, 4) is 5.75 Å². The lowest BCUT2D eigenvalue weighted by molar-refractivity contribution is -0.0220. The summed E-state index contributed by atoms with van der Waals surface area (Å²) < 4.78 is 25.9. The van der Waals surface area contributed by atoms with E-state index in [1.165, 1.54) is 6.07 Å². The van der Waals surface area contributed by atoms with Crippen molar-refractivity contribution in [1.29, 1.82) is 0 Å². The number of nitrogens with zero attached hydrogens (tertiary/aromatic N) is 1. The van der Waals surface area contributed by atoms with E-state index in [2.05, 4.69) is 0 Å². The van der Waals surface area contributed by atoms with Gasteiger partial charge in [-0.05, 0) is 12.1 Å². The highest BCUT2D eigenvalue weighted by Crippen LogP contribution is 2.32. The third-order valence-electron chi connectivity index (χ3n) is 2.87. The third kappa shape index (κ3) is 2.18. The van der Waals surface area contributed by atoms with Gasteiger partial charge in [-0.25, -0.2) is 8.78 Å². The third-order valence-corrected chi connectivity index (χ3v) is 2.87. The Morgan fingerprint density at radius 1 is 1.25 bits per heavy atom. The van der Waals surface area contributed by atoms with Gasteiger partial charge in [0.2, 0.25) is 0 Å². The Labute approximate surface area is 92.5 Å². The zero-order valence-electron chi connectivity index (χ0n) is 8.79. The van der Waals surface area contributed by atoms with Gasteiger partial charge >= 0.3 is 0 Å². The average Bonchev–Trinajstić information content (AvgIpc) is 2.22. The van der Waals surface area contributed by atoms with Gasteiger partial charge < -0.3 is 15.7 Å². The van der Waals surface area contributed by atoms with Crippen LogP contribution in [0.3, 0.4) is 0 Å². The molecular weight excluding hydrogens is 214 g/mol. The SMILES string of the molecule is Nc1ccc(N2CCC(F)(F)CC2)cc1O. The number of halogens is 2. The summed E-state index contributed by atoms with van der Waals surface area (Å²) in [5.74, 6) is -2.55. The number of nitrogen functional groups attached to an aromatic ring is 1. The van der Waals surface area contributed by atoms with Crippen LogP contribution in [0.5, 0.6) is 5.75 Å². The lowest BCUT2D eigenvalue weighted by Gasteiger charge is -2.33. The number of benzene rings is 1. The summed E-state index contributed by atoms with van der Waals surface area (Å²) >= 11 is 0. The summed E-state index contributed by atoms with van der Waals surface area (Å²) in [7, 11) is 0. The van der Waals surface area contributed by atoms with E-state index < -0.39 is 5.92 Å². The number of alkyl halides is 2. The largest absolute Gasteiger partial charge is 0.506 e. The lowest BCUT2D eigenvalue weighted by atomic mass is 10.1. The van der Waals surface area contributed by atoms with Crippen LogP contribution in [-0.4, -0.2) is 24.1 Å². The lowest BCUT2D eigenvalue weighted by Crippen LogP contribution is -2.39. The number of hydrogen-bond donors (Lipinski definition) is 2. The van der Waals surface area contributed by atoms with Crippen LogP contribution in [0.25, 0.3) is 0 Å². The van der Waals surface area contributed by atoms with Crippen LogP contribution in [0.4, 0.5) is 20.2 Å². The molecule has 0 unspecified atom stereocenters. The van der Waals surface area contributed by atoms with Crippen LogP contribution in [-0.2, 0) is 0 Å². The first kappa shape index (κ1) is 11.0. The average molecular weight is 228 g/mol. The van der Waals surface area contributed by atoms with Crippen LogP contribution in [0.1, 0.15) is 12.8 Å². The second kappa shape index (κ2) is 3.81. The Morgan fingerprint density at radius 3 is 2.44 bits per heavy atom. The van der Waals surface area contributed by atoms with E-state index in [0.29, 0.717) is 18.8 Å². The minimum absolute atomic E-state index is 0.00478. The molecule has 1 heterocycles. The zero-order valence-corrected chi connectivity index (χ0v) is 8.79. The second-order valence-corrected chi connectivity index (χ2v) is 4.09. The van der Waals surface area contributed by atoms with Gasteiger partial charge in [0.15, 0.2) is 0 Å². The van der Waals surface area contributed by atoms with Crippen LogP contribution in [0.15, 0.2) is 18.2 Å². The molecule has 88 valence electrons. The minimum atomic E-state index is -2.55. The number of anilines is 2. The van der Waals surface area contributed by atoms with Gasteiger partial charge in [-0.3, -0.25) is 0 Å². The highest BCUT2D eigenvalue weighted by molar-refractivity contribution is 5.61. The number of aromatic hydroxyl groups is 1. The quantitative estimate of drug-likeness (QED) is 0.572. The van der Waals surface area contributed by atoms with E-state index in [-0.39, 0.29) is 18.6 Å². The number of rotatable bonds is 1. The van der Waals surface area contributed by atoms with E-state index in [0.717, 1.165) is 5.69 Å². The maximum atomic E-state index is 12.9. The molecule has 0 radical (unpaired) electrons. The highest BCUT2D eigenvalue weighted by atomic mass is 19.3. The van der Waals surface area contributed by atoms with E-state index in [9.17, 15) is 13.9 Å². The molecule has 16 heavy (non-hydrogen) atoms. The van der Waals surface area contributed by atoms with E-state index in [4.69, 9.17) is 5.73 Å². The molecule has 1 aromatic rings. The van der Waals surface area contributed by atoms with Crippen molar-refractivity contribution in [3.05, 3.63) is 18.2 Å². The summed E-state index contributed by atoms with van der Waals surface area (Å²) in [6.45, 7) is 0.604. The molecule has 1 fully saturated rings. The first-order valence-corrected chi connectivity index (χ1v) is 5.19. The van der Waals surface area contributed by atoms with Gasteiger partial charge in [0.1, 0.15) is 5.75 Å². The van der Waals surface area contributed by atoms with Gasteiger partial charge in [-0.15, -0.1) is 0 Å². The van der Waals surface area contributed by atoms with E-state index >= 15 is 0 Å². The van der Waals surface area contributed by atoms with Crippen molar-refractivity contribution in [2.45, 2.75) is 18.8 Å². The molecule has 0 bridgehead atoms. The van der Waals surface area contributed by atoms with Gasteiger partial charge in [-0.2, -0.15) is 0 Å². The monoisotopic (exact) mass is 228 g/mol. The second-order valence-electron chi connectivity index (χ2n) is 4.09. The molecule has 0 amide bonds. The number of phenols is 1. The summed E-state index contributed by atoms with van der Waals surface area (Å²) in [4.78, 5) is 1.83. The van der Waals surface area contributed by atoms with Gasteiger partial charge in [0.25, 0.3) is 5.92 Å². The Morgan fingerprint density at radius 2 is 1.88 bits per heavy atom. The summed E-state index contributed by atoms with van der Waals surface area (Å²) in [6.07, 6.45) is -0.281. The Balaban J connectivity index is 2.11. The summed E-state index contributed by atoms with van der Waals surface area (Å²) in [5, 5.41) is 9.43. The Kier molecular flexibility index (Phi) is 2.61. The zero-order chi connectivity index (χ0) is 11.8. The molecule has 1 aromatic carbocycles. The number of piperidine rings is 1. The molecule has 1 aliphatic rings. The maximum absolute atomic E-state index is 12.9. The van der Waals surface area contributed by atoms with Crippen LogP contribution >= 0.6 is 0 Å². The van der Waals surface area contributed by atoms with Crippen molar-refractivity contribution in [1.82, 2.24) is 0 Å². The summed E-state index contributed by atoms with van der Waals surface area (Å²) in [6, 6.07) is 4.83. The van der Waals surface area contributed by atoms with Crippen molar-refractivity contribution in [3.63, 3.8) is 0 Å². The van der Waals surface area contributed by atoms with Gasteiger partial charge in [0.05, 0.1) is 5.69 Å². The van der Waals surface area contributed by atoms with Crippen molar-refractivity contribution in [2.75, 3.05) is 23.7 Å². The maximum Gasteiger partial charge on any atom is 0.251 e. The number of nitrogens with two attached hydrogens (primary N) is 1. The van der Waals surface area contributed by atoms with Crippen LogP contribution in [0, 0.1) is 0 Å². The molecule has 0 saturated carbocycles. The van der Waals surface area contributed by atoms with Crippen molar-refractivity contribution < 1.29 is 13.9 Å². The molecule has 0 atom stereocenters. The van der Waals surface area contributed by atoms with E-state index in [1.807, 2.05) is 4.90 Å². The molecule has 0 aliphatic carbocycles. The smallest absolute Gasteiger partial charge is 0.251 e. The van der Waals surface area contributed by atoms with Crippen LogP contribution < -0.4 is 10.6 Å². The molecule has 3 N–H and O–H groups in total. The van der Waals surface area contributed by atoms with Gasteiger partial charge in [-0.1, -0.05) is 0 Å². The fourth-order valence-corrected chi connectivity index (χ4v) is 1.82.